The fraction of sp³-hybridized carbons (Fsp3) is 0.263. The molecular formula is C19H16ClN9O. The summed E-state index contributed by atoms with van der Waals surface area (Å²) in [6, 6.07) is 7.94. The van der Waals surface area contributed by atoms with E-state index in [1.54, 1.807) is 20.8 Å². The second kappa shape index (κ2) is 8.23. The van der Waals surface area contributed by atoms with Gasteiger partial charge in [0.25, 0.3) is 5.91 Å². The Bertz CT molecular complexity index is 1190. The van der Waals surface area contributed by atoms with Gasteiger partial charge in [-0.1, -0.05) is 11.6 Å². The highest BCUT2D eigenvalue weighted by molar-refractivity contribution is 6.29. The van der Waals surface area contributed by atoms with Gasteiger partial charge in [0.05, 0.1) is 23.2 Å². The van der Waals surface area contributed by atoms with Crippen LogP contribution in [0.25, 0.3) is 5.82 Å². The molecule has 0 unspecified atom stereocenters. The van der Waals surface area contributed by atoms with Gasteiger partial charge in [0, 0.05) is 11.6 Å². The first-order valence-corrected chi connectivity index (χ1v) is 9.15. The second-order valence-electron chi connectivity index (χ2n) is 6.90. The Labute approximate surface area is 177 Å². The van der Waals surface area contributed by atoms with Gasteiger partial charge in [0.15, 0.2) is 11.6 Å². The zero-order valence-electron chi connectivity index (χ0n) is 16.3. The first kappa shape index (κ1) is 20.8. The van der Waals surface area contributed by atoms with Crippen LogP contribution in [0.4, 0.5) is 0 Å². The molecule has 3 rings (SSSR count). The second-order valence-corrected chi connectivity index (χ2v) is 7.29. The smallest absolute Gasteiger partial charge is 0.252 e. The Morgan fingerprint density at radius 1 is 1.20 bits per heavy atom. The molecule has 3 aromatic rings. The molecule has 1 N–H and O–H groups in total. The number of rotatable bonds is 5. The molecular weight excluding hydrogens is 406 g/mol. The lowest BCUT2D eigenvalue weighted by Gasteiger charge is -2.17. The van der Waals surface area contributed by atoms with E-state index in [9.17, 15) is 10.1 Å². The van der Waals surface area contributed by atoms with Crippen molar-refractivity contribution in [3.05, 3.63) is 58.8 Å². The Morgan fingerprint density at radius 2 is 1.97 bits per heavy atom. The Hall–Kier alpha value is -3.89. The first-order chi connectivity index (χ1) is 14.2. The fourth-order valence-corrected chi connectivity index (χ4v) is 2.80. The molecule has 0 fully saturated rings. The van der Waals surface area contributed by atoms with Crippen LogP contribution < -0.4 is 5.32 Å². The average Bonchev–Trinajstić information content (AvgIpc) is 3.23. The van der Waals surface area contributed by atoms with Crippen LogP contribution in [0.1, 0.15) is 54.4 Å². The number of hydrogen-bond donors (Lipinski definition) is 1. The normalized spacial score (nSPS) is 11.9. The van der Waals surface area contributed by atoms with E-state index >= 15 is 0 Å². The van der Waals surface area contributed by atoms with Crippen LogP contribution >= 0.6 is 11.6 Å². The molecule has 11 heteroatoms. The molecule has 3 heterocycles. The zero-order valence-corrected chi connectivity index (χ0v) is 17.1. The maximum atomic E-state index is 12.8. The molecule has 0 saturated heterocycles. The number of aromatic nitrogens is 6. The highest BCUT2D eigenvalue weighted by atomic mass is 35.5. The molecule has 150 valence electrons. The molecule has 3 aromatic heterocycles. The van der Waals surface area contributed by atoms with Crippen molar-refractivity contribution >= 4 is 17.5 Å². The average molecular weight is 422 g/mol. The van der Waals surface area contributed by atoms with Crippen LogP contribution in [-0.2, 0) is 5.41 Å². The minimum absolute atomic E-state index is 0.113. The molecule has 1 amide bonds. The van der Waals surface area contributed by atoms with Crippen molar-refractivity contribution in [2.75, 3.05) is 0 Å². The summed E-state index contributed by atoms with van der Waals surface area (Å²) >= 11 is 6.06. The number of carbonyl (C=O) groups is 1. The van der Waals surface area contributed by atoms with E-state index < -0.39 is 17.4 Å². The summed E-state index contributed by atoms with van der Waals surface area (Å²) in [5.41, 5.74) is -0.0716. The predicted octanol–water partition coefficient (Wildman–Crippen LogP) is 2.27. The lowest BCUT2D eigenvalue weighted by atomic mass is 9.90. The van der Waals surface area contributed by atoms with Crippen molar-refractivity contribution in [1.29, 1.82) is 10.5 Å². The van der Waals surface area contributed by atoms with Crippen LogP contribution in [0, 0.1) is 22.7 Å². The Morgan fingerprint density at radius 3 is 2.67 bits per heavy atom. The summed E-state index contributed by atoms with van der Waals surface area (Å²) in [7, 11) is 0. The molecule has 0 saturated carbocycles. The largest absolute Gasteiger partial charge is 0.342 e. The number of nitrogens with zero attached hydrogens (tertiary/aromatic N) is 8. The number of nitrogens with one attached hydrogen (secondary N) is 1. The van der Waals surface area contributed by atoms with E-state index in [1.807, 2.05) is 6.07 Å². The Balaban J connectivity index is 1.87. The Kier molecular flexibility index (Phi) is 5.72. The standard InChI is InChI=1S/C19H16ClN9O/c1-11(17-25-10-26-29(17)16-6-13(7-21)23-9-24-16)27-18(30)12-4-14(19(2,3)8-22)28-15(20)5-12/h4-6,9-11H,1-3H3,(H,27,30)/t11-/m0/s1. The van der Waals surface area contributed by atoms with Crippen molar-refractivity contribution in [2.24, 2.45) is 0 Å². The molecule has 0 spiro atoms. The minimum atomic E-state index is -0.906. The summed E-state index contributed by atoms with van der Waals surface area (Å²) in [4.78, 5) is 29.1. The summed E-state index contributed by atoms with van der Waals surface area (Å²) in [5, 5.41) is 25.4. The third kappa shape index (κ3) is 4.24. The summed E-state index contributed by atoms with van der Waals surface area (Å²) in [6.45, 7) is 5.11. The van der Waals surface area contributed by atoms with Gasteiger partial charge in [-0.05, 0) is 32.9 Å². The van der Waals surface area contributed by atoms with E-state index in [1.165, 1.54) is 35.5 Å². The van der Waals surface area contributed by atoms with Gasteiger partial charge in [0.1, 0.15) is 29.6 Å². The molecule has 0 aliphatic rings. The van der Waals surface area contributed by atoms with E-state index in [0.717, 1.165) is 0 Å². The van der Waals surface area contributed by atoms with Crippen molar-refractivity contribution in [3.8, 4) is 18.0 Å². The van der Waals surface area contributed by atoms with Crippen LogP contribution in [0.5, 0.6) is 0 Å². The minimum Gasteiger partial charge on any atom is -0.342 e. The highest BCUT2D eigenvalue weighted by Gasteiger charge is 2.25. The summed E-state index contributed by atoms with van der Waals surface area (Å²) < 4.78 is 1.41. The van der Waals surface area contributed by atoms with Crippen LogP contribution in [0.3, 0.4) is 0 Å². The number of pyridine rings is 1. The fourth-order valence-electron chi connectivity index (χ4n) is 2.60. The maximum Gasteiger partial charge on any atom is 0.252 e. The lowest BCUT2D eigenvalue weighted by Crippen LogP contribution is -2.29. The molecule has 30 heavy (non-hydrogen) atoms. The maximum absolute atomic E-state index is 12.8. The van der Waals surface area contributed by atoms with Gasteiger partial charge in [-0.3, -0.25) is 4.79 Å². The van der Waals surface area contributed by atoms with Crippen molar-refractivity contribution in [1.82, 2.24) is 35.0 Å². The van der Waals surface area contributed by atoms with Crippen molar-refractivity contribution in [3.63, 3.8) is 0 Å². The van der Waals surface area contributed by atoms with Gasteiger partial charge >= 0.3 is 0 Å². The number of hydrogen-bond acceptors (Lipinski definition) is 8. The van der Waals surface area contributed by atoms with Gasteiger partial charge in [-0.25, -0.2) is 19.9 Å². The van der Waals surface area contributed by atoms with Gasteiger partial charge in [-0.2, -0.15) is 20.3 Å². The van der Waals surface area contributed by atoms with Crippen molar-refractivity contribution < 1.29 is 4.79 Å². The number of nitriles is 2. The van der Waals surface area contributed by atoms with E-state index in [0.29, 0.717) is 17.3 Å². The summed E-state index contributed by atoms with van der Waals surface area (Å²) in [5.74, 6) is 0.334. The van der Waals surface area contributed by atoms with Crippen LogP contribution in [0.15, 0.2) is 30.9 Å². The third-order valence-electron chi connectivity index (χ3n) is 4.27. The van der Waals surface area contributed by atoms with Gasteiger partial charge in [0.2, 0.25) is 0 Å². The number of amides is 1. The molecule has 0 aromatic carbocycles. The van der Waals surface area contributed by atoms with Gasteiger partial charge in [-0.15, -0.1) is 0 Å². The van der Waals surface area contributed by atoms with E-state index in [4.69, 9.17) is 16.9 Å². The van der Waals surface area contributed by atoms with Crippen LogP contribution in [-0.4, -0.2) is 35.6 Å². The van der Waals surface area contributed by atoms with E-state index in [-0.39, 0.29) is 16.4 Å². The lowest BCUT2D eigenvalue weighted by molar-refractivity contribution is 0.0937. The zero-order chi connectivity index (χ0) is 21.9. The summed E-state index contributed by atoms with van der Waals surface area (Å²) in [6.07, 6.45) is 2.57. The molecule has 0 aliphatic heterocycles. The van der Waals surface area contributed by atoms with Crippen molar-refractivity contribution in [2.45, 2.75) is 32.2 Å². The topological polar surface area (TPSA) is 146 Å². The monoisotopic (exact) mass is 421 g/mol. The first-order valence-electron chi connectivity index (χ1n) is 8.78. The number of carbonyl (C=O) groups excluding carboxylic acids is 1. The van der Waals surface area contributed by atoms with Gasteiger partial charge < -0.3 is 5.32 Å². The molecule has 0 radical (unpaired) electrons. The predicted molar refractivity (Wildman–Crippen MR) is 105 cm³/mol. The highest BCUT2D eigenvalue weighted by Crippen LogP contribution is 2.24. The molecule has 1 atom stereocenters. The molecule has 0 aliphatic carbocycles. The SMILES string of the molecule is C[C@H](NC(=O)c1cc(Cl)nc(C(C)(C)C#N)c1)c1ncnn1-c1cc(C#N)ncn1. The third-order valence-corrected chi connectivity index (χ3v) is 4.46. The number of halogens is 1. The molecule has 10 nitrogen and oxygen atoms in total. The van der Waals surface area contributed by atoms with E-state index in [2.05, 4.69) is 36.4 Å². The van der Waals surface area contributed by atoms with Crippen LogP contribution in [0.2, 0.25) is 5.15 Å². The molecule has 0 bridgehead atoms. The quantitative estimate of drug-likeness (QED) is 0.617.